The minimum atomic E-state index is -0.239. The molecule has 0 radical (unpaired) electrons. The Morgan fingerprint density at radius 3 is 2.76 bits per heavy atom. The molecule has 0 atom stereocenters. The Balaban J connectivity index is 1.62. The molecule has 0 N–H and O–H groups in total. The first kappa shape index (κ1) is 20.4. The number of carbonyl (C=O) groups excluding carboxylic acids is 1. The van der Waals surface area contributed by atoms with E-state index >= 15 is 0 Å². The Morgan fingerprint density at radius 1 is 1.21 bits per heavy atom. The first-order valence-electron chi connectivity index (χ1n) is 10.4. The van der Waals surface area contributed by atoms with Gasteiger partial charge in [0, 0.05) is 30.6 Å². The highest BCUT2D eigenvalue weighted by Crippen LogP contribution is 2.34. The molecule has 4 rings (SSSR count). The molecule has 6 heteroatoms. The fourth-order valence-corrected chi connectivity index (χ4v) is 4.86. The summed E-state index contributed by atoms with van der Waals surface area (Å²) in [6.45, 7) is 8.52. The van der Waals surface area contributed by atoms with E-state index in [1.165, 1.54) is 23.7 Å². The number of rotatable bonds is 4. The molecule has 0 spiro atoms. The average Bonchev–Trinajstić information content (AvgIpc) is 2.71. The summed E-state index contributed by atoms with van der Waals surface area (Å²) < 4.78 is 6.03. The Labute approximate surface area is 177 Å². The van der Waals surface area contributed by atoms with Crippen molar-refractivity contribution in [1.29, 1.82) is 0 Å². The summed E-state index contributed by atoms with van der Waals surface area (Å²) >= 11 is 1.53. The molecule has 154 valence electrons. The Bertz CT molecular complexity index is 907. The van der Waals surface area contributed by atoms with Crippen molar-refractivity contribution in [2.45, 2.75) is 63.7 Å². The van der Waals surface area contributed by atoms with Crippen molar-refractivity contribution in [2.75, 3.05) is 18.8 Å². The number of carbonyl (C=O) groups is 1. The zero-order valence-corrected chi connectivity index (χ0v) is 18.3. The number of amides is 1. The number of thioether (sulfide) groups is 1. The maximum atomic E-state index is 12.7. The first-order valence-corrected chi connectivity index (χ1v) is 11.4. The van der Waals surface area contributed by atoms with E-state index in [0.717, 1.165) is 60.0 Å². The van der Waals surface area contributed by atoms with Crippen LogP contribution in [0.4, 0.5) is 0 Å². The molecule has 2 aromatic rings. The van der Waals surface area contributed by atoms with E-state index in [9.17, 15) is 4.79 Å². The smallest absolute Gasteiger partial charge is 0.232 e. The minimum Gasteiger partial charge on any atom is -0.370 e. The van der Waals surface area contributed by atoms with Crippen LogP contribution in [0.15, 0.2) is 29.3 Å². The molecule has 0 saturated carbocycles. The second-order valence-electron chi connectivity index (χ2n) is 8.60. The SMILES string of the molecule is Cc1cccc(-c2nc3c(c(SCC(=O)N4CCCCC4)n2)COC(C)(C)C3)c1. The number of hydrogen-bond acceptors (Lipinski definition) is 5. The Kier molecular flexibility index (Phi) is 5.93. The molecular formula is C23H29N3O2S. The molecule has 1 aromatic carbocycles. The molecule has 2 aliphatic rings. The van der Waals surface area contributed by atoms with Gasteiger partial charge in [-0.3, -0.25) is 4.79 Å². The summed E-state index contributed by atoms with van der Waals surface area (Å²) in [7, 11) is 0. The van der Waals surface area contributed by atoms with Crippen molar-refractivity contribution in [3.63, 3.8) is 0 Å². The topological polar surface area (TPSA) is 55.3 Å². The van der Waals surface area contributed by atoms with Crippen LogP contribution in [0, 0.1) is 6.92 Å². The standard InChI is InChI=1S/C23H29N3O2S/c1-16-8-7-9-17(12-16)21-24-19-13-23(2,3)28-14-18(19)22(25-21)29-15-20(27)26-10-5-4-6-11-26/h7-9,12H,4-6,10-11,13-15H2,1-3H3. The summed E-state index contributed by atoms with van der Waals surface area (Å²) in [6, 6.07) is 8.27. The van der Waals surface area contributed by atoms with Gasteiger partial charge in [0.05, 0.1) is 23.7 Å². The number of aryl methyl sites for hydroxylation is 1. The van der Waals surface area contributed by atoms with Gasteiger partial charge in [0.25, 0.3) is 0 Å². The van der Waals surface area contributed by atoms with Crippen LogP contribution in [0.1, 0.15) is 49.9 Å². The second-order valence-corrected chi connectivity index (χ2v) is 9.57. The molecule has 3 heterocycles. The number of hydrogen-bond donors (Lipinski definition) is 0. The first-order chi connectivity index (χ1) is 13.9. The minimum absolute atomic E-state index is 0.205. The third kappa shape index (κ3) is 4.81. The number of benzene rings is 1. The van der Waals surface area contributed by atoms with Crippen LogP contribution in [-0.4, -0.2) is 45.2 Å². The Morgan fingerprint density at radius 2 is 2.00 bits per heavy atom. The van der Waals surface area contributed by atoms with Crippen LogP contribution in [0.5, 0.6) is 0 Å². The van der Waals surface area contributed by atoms with Crippen molar-refractivity contribution in [3.05, 3.63) is 41.1 Å². The fraction of sp³-hybridized carbons (Fsp3) is 0.522. The molecule has 0 unspecified atom stereocenters. The summed E-state index contributed by atoms with van der Waals surface area (Å²) in [5.41, 5.74) is 4.04. The van der Waals surface area contributed by atoms with E-state index in [0.29, 0.717) is 12.4 Å². The van der Waals surface area contributed by atoms with Crippen molar-refractivity contribution in [2.24, 2.45) is 0 Å². The lowest BCUT2D eigenvalue weighted by Crippen LogP contribution is -2.37. The second kappa shape index (κ2) is 8.44. The summed E-state index contributed by atoms with van der Waals surface area (Å²) in [5.74, 6) is 1.36. The third-order valence-corrected chi connectivity index (χ3v) is 6.58. The lowest BCUT2D eigenvalue weighted by Gasteiger charge is -2.32. The van der Waals surface area contributed by atoms with Gasteiger partial charge in [-0.15, -0.1) is 0 Å². The van der Waals surface area contributed by atoms with E-state index in [-0.39, 0.29) is 11.5 Å². The third-order valence-electron chi connectivity index (χ3n) is 5.57. The van der Waals surface area contributed by atoms with Crippen molar-refractivity contribution in [1.82, 2.24) is 14.9 Å². The van der Waals surface area contributed by atoms with E-state index in [4.69, 9.17) is 14.7 Å². The highest BCUT2D eigenvalue weighted by Gasteiger charge is 2.30. The van der Waals surface area contributed by atoms with Crippen LogP contribution < -0.4 is 0 Å². The van der Waals surface area contributed by atoms with Crippen molar-refractivity contribution >= 4 is 17.7 Å². The van der Waals surface area contributed by atoms with Gasteiger partial charge in [-0.05, 0) is 46.1 Å². The van der Waals surface area contributed by atoms with Gasteiger partial charge in [-0.1, -0.05) is 35.5 Å². The quantitative estimate of drug-likeness (QED) is 0.551. The largest absolute Gasteiger partial charge is 0.370 e. The lowest BCUT2D eigenvalue weighted by atomic mass is 9.96. The Hall–Kier alpha value is -1.92. The molecule has 1 aromatic heterocycles. The summed E-state index contributed by atoms with van der Waals surface area (Å²) in [5, 5.41) is 0.882. The molecule has 0 bridgehead atoms. The maximum absolute atomic E-state index is 12.7. The predicted octanol–water partition coefficient (Wildman–Crippen LogP) is 4.41. The maximum Gasteiger partial charge on any atom is 0.232 e. The molecule has 5 nitrogen and oxygen atoms in total. The molecule has 2 aliphatic heterocycles. The summed E-state index contributed by atoms with van der Waals surface area (Å²) in [4.78, 5) is 24.4. The number of likely N-dealkylation sites (tertiary alicyclic amines) is 1. The van der Waals surface area contributed by atoms with E-state index in [1.807, 2.05) is 17.0 Å². The van der Waals surface area contributed by atoms with Crippen LogP contribution in [0.2, 0.25) is 0 Å². The van der Waals surface area contributed by atoms with Crippen LogP contribution in [-0.2, 0) is 22.6 Å². The number of aromatic nitrogens is 2. The molecule has 1 saturated heterocycles. The van der Waals surface area contributed by atoms with Gasteiger partial charge < -0.3 is 9.64 Å². The van der Waals surface area contributed by atoms with Gasteiger partial charge in [0.1, 0.15) is 5.03 Å². The van der Waals surface area contributed by atoms with Crippen molar-refractivity contribution in [3.8, 4) is 11.4 Å². The zero-order valence-electron chi connectivity index (χ0n) is 17.5. The van der Waals surface area contributed by atoms with Gasteiger partial charge >= 0.3 is 0 Å². The van der Waals surface area contributed by atoms with Gasteiger partial charge in [0.15, 0.2) is 5.82 Å². The predicted molar refractivity (Wildman–Crippen MR) is 116 cm³/mol. The normalized spacial score (nSPS) is 18.4. The number of piperidine rings is 1. The molecule has 1 fully saturated rings. The van der Waals surface area contributed by atoms with Gasteiger partial charge in [-0.25, -0.2) is 9.97 Å². The van der Waals surface area contributed by atoms with Gasteiger partial charge in [0.2, 0.25) is 5.91 Å². The van der Waals surface area contributed by atoms with Crippen LogP contribution in [0.25, 0.3) is 11.4 Å². The highest BCUT2D eigenvalue weighted by atomic mass is 32.2. The number of fused-ring (bicyclic) bond motifs is 1. The highest BCUT2D eigenvalue weighted by molar-refractivity contribution is 7.99. The number of nitrogens with zero attached hydrogens (tertiary/aromatic N) is 3. The molecule has 1 amide bonds. The zero-order chi connectivity index (χ0) is 20.4. The molecule has 29 heavy (non-hydrogen) atoms. The van der Waals surface area contributed by atoms with Gasteiger partial charge in [-0.2, -0.15) is 0 Å². The van der Waals surface area contributed by atoms with Crippen LogP contribution >= 0.6 is 11.8 Å². The van der Waals surface area contributed by atoms with Crippen LogP contribution in [0.3, 0.4) is 0 Å². The molecule has 0 aliphatic carbocycles. The number of ether oxygens (including phenoxy) is 1. The van der Waals surface area contributed by atoms with Crippen molar-refractivity contribution < 1.29 is 9.53 Å². The summed E-state index contributed by atoms with van der Waals surface area (Å²) in [6.07, 6.45) is 4.19. The van der Waals surface area contributed by atoms with E-state index in [1.54, 1.807) is 0 Å². The van der Waals surface area contributed by atoms with E-state index < -0.39 is 0 Å². The fourth-order valence-electron chi connectivity index (χ4n) is 3.92. The monoisotopic (exact) mass is 411 g/mol. The lowest BCUT2D eigenvalue weighted by molar-refractivity contribution is -0.129. The molecular weight excluding hydrogens is 382 g/mol. The van der Waals surface area contributed by atoms with E-state index in [2.05, 4.69) is 32.9 Å². The average molecular weight is 412 g/mol.